The van der Waals surface area contributed by atoms with Crippen LogP contribution in [0, 0.1) is 13.8 Å². The van der Waals surface area contributed by atoms with Crippen LogP contribution in [0.4, 0.5) is 10.5 Å². The Hall–Kier alpha value is -2.29. The molecule has 0 fully saturated rings. The Morgan fingerprint density at radius 2 is 1.77 bits per heavy atom. The minimum absolute atomic E-state index is 0.0144. The molecule has 1 aliphatic rings. The van der Waals surface area contributed by atoms with Crippen molar-refractivity contribution in [3.8, 4) is 0 Å². The molecule has 3 rings (SSSR count). The van der Waals surface area contributed by atoms with Gasteiger partial charge in [-0.05, 0) is 49.4 Å². The summed E-state index contributed by atoms with van der Waals surface area (Å²) < 4.78 is 0. The van der Waals surface area contributed by atoms with Crippen LogP contribution in [0.1, 0.15) is 35.2 Å². The van der Waals surface area contributed by atoms with Crippen molar-refractivity contribution in [2.75, 3.05) is 11.9 Å². The van der Waals surface area contributed by atoms with Crippen molar-refractivity contribution >= 4 is 11.7 Å². The van der Waals surface area contributed by atoms with E-state index in [0.717, 1.165) is 29.8 Å². The lowest BCUT2D eigenvalue weighted by atomic mass is 9.94. The topological polar surface area (TPSA) is 32.3 Å². The molecule has 0 saturated carbocycles. The van der Waals surface area contributed by atoms with E-state index in [1.165, 1.54) is 11.1 Å². The first-order chi connectivity index (χ1) is 10.6. The van der Waals surface area contributed by atoms with E-state index in [1.807, 2.05) is 43.0 Å². The molecule has 0 aromatic heterocycles. The zero-order chi connectivity index (χ0) is 15.7. The number of anilines is 1. The molecule has 2 amide bonds. The average molecular weight is 294 g/mol. The lowest BCUT2D eigenvalue weighted by molar-refractivity contribution is 0.188. The molecule has 1 N–H and O–H groups in total. The molecule has 0 radical (unpaired) electrons. The van der Waals surface area contributed by atoms with E-state index in [1.54, 1.807) is 0 Å². The number of hydrogen-bond acceptors (Lipinski definition) is 1. The van der Waals surface area contributed by atoms with Crippen molar-refractivity contribution in [3.63, 3.8) is 0 Å². The fourth-order valence-corrected chi connectivity index (χ4v) is 3.24. The lowest BCUT2D eigenvalue weighted by Crippen LogP contribution is -2.41. The molecule has 114 valence electrons. The van der Waals surface area contributed by atoms with E-state index in [4.69, 9.17) is 0 Å². The molecule has 1 heterocycles. The van der Waals surface area contributed by atoms with E-state index < -0.39 is 0 Å². The highest BCUT2D eigenvalue weighted by molar-refractivity contribution is 5.91. The van der Waals surface area contributed by atoms with E-state index in [9.17, 15) is 4.79 Å². The maximum absolute atomic E-state index is 12.7. The fourth-order valence-electron chi connectivity index (χ4n) is 3.24. The molecule has 1 atom stereocenters. The van der Waals surface area contributed by atoms with Crippen LogP contribution in [0.25, 0.3) is 0 Å². The standard InChI is InChI=1S/C19H22N2O/c1-13-7-6-8-14(2)18(13)20-19(22)21-12-11-16-9-4-5-10-17(16)15(21)3/h4-10,15H,11-12H2,1-3H3,(H,20,22)/t15-/m0/s1. The van der Waals surface area contributed by atoms with Crippen LogP contribution in [-0.4, -0.2) is 17.5 Å². The summed E-state index contributed by atoms with van der Waals surface area (Å²) in [5.41, 5.74) is 5.73. The van der Waals surface area contributed by atoms with Crippen LogP contribution in [0.3, 0.4) is 0 Å². The van der Waals surface area contributed by atoms with Crippen LogP contribution >= 0.6 is 0 Å². The van der Waals surface area contributed by atoms with Gasteiger partial charge in [-0.25, -0.2) is 4.79 Å². The Balaban J connectivity index is 1.82. The molecule has 2 aromatic rings. The number of nitrogens with one attached hydrogen (secondary N) is 1. The van der Waals surface area contributed by atoms with Crippen molar-refractivity contribution in [1.29, 1.82) is 0 Å². The molecule has 3 heteroatoms. The van der Waals surface area contributed by atoms with Crippen LogP contribution in [0.15, 0.2) is 42.5 Å². The van der Waals surface area contributed by atoms with Gasteiger partial charge in [-0.1, -0.05) is 42.5 Å². The fraction of sp³-hybridized carbons (Fsp3) is 0.316. The number of para-hydroxylation sites is 1. The quantitative estimate of drug-likeness (QED) is 0.827. The number of hydrogen-bond donors (Lipinski definition) is 1. The van der Waals surface area contributed by atoms with Gasteiger partial charge in [-0.2, -0.15) is 0 Å². The summed E-state index contributed by atoms with van der Waals surface area (Å²) in [6.07, 6.45) is 0.917. The average Bonchev–Trinajstić information content (AvgIpc) is 2.51. The van der Waals surface area contributed by atoms with Gasteiger partial charge in [0.15, 0.2) is 0 Å². The number of rotatable bonds is 1. The summed E-state index contributed by atoms with van der Waals surface area (Å²) in [5, 5.41) is 3.10. The molecular formula is C19H22N2O. The van der Waals surface area contributed by atoms with Gasteiger partial charge in [0.2, 0.25) is 0 Å². The van der Waals surface area contributed by atoms with E-state index in [-0.39, 0.29) is 12.1 Å². The minimum atomic E-state index is -0.0144. The van der Waals surface area contributed by atoms with Gasteiger partial charge in [-0.15, -0.1) is 0 Å². The molecule has 0 spiro atoms. The third-order valence-electron chi connectivity index (χ3n) is 4.57. The van der Waals surface area contributed by atoms with Crippen LogP contribution in [0.5, 0.6) is 0 Å². The SMILES string of the molecule is Cc1cccc(C)c1NC(=O)N1CCc2ccccc2[C@@H]1C. The Morgan fingerprint density at radius 1 is 1.09 bits per heavy atom. The van der Waals surface area contributed by atoms with Gasteiger partial charge in [0.25, 0.3) is 0 Å². The van der Waals surface area contributed by atoms with Crippen LogP contribution < -0.4 is 5.32 Å². The second-order valence-corrected chi connectivity index (χ2v) is 6.02. The molecule has 0 aliphatic carbocycles. The highest BCUT2D eigenvalue weighted by atomic mass is 16.2. The molecular weight excluding hydrogens is 272 g/mol. The third-order valence-corrected chi connectivity index (χ3v) is 4.57. The summed E-state index contributed by atoms with van der Waals surface area (Å²) in [5.74, 6) is 0. The van der Waals surface area contributed by atoms with E-state index in [2.05, 4.69) is 30.4 Å². The van der Waals surface area contributed by atoms with E-state index in [0.29, 0.717) is 0 Å². The molecule has 0 unspecified atom stereocenters. The third kappa shape index (κ3) is 2.59. The first kappa shape index (κ1) is 14.6. The van der Waals surface area contributed by atoms with Crippen molar-refractivity contribution in [2.24, 2.45) is 0 Å². The van der Waals surface area contributed by atoms with Crippen molar-refractivity contribution in [2.45, 2.75) is 33.2 Å². The normalized spacial score (nSPS) is 17.0. The Bertz CT molecular complexity index is 688. The summed E-state index contributed by atoms with van der Waals surface area (Å²) in [7, 11) is 0. The number of urea groups is 1. The predicted molar refractivity (Wildman–Crippen MR) is 90.2 cm³/mol. The van der Waals surface area contributed by atoms with Gasteiger partial charge in [0.05, 0.1) is 6.04 Å². The zero-order valence-electron chi connectivity index (χ0n) is 13.4. The lowest BCUT2D eigenvalue weighted by Gasteiger charge is -2.35. The maximum atomic E-state index is 12.7. The number of carbonyl (C=O) groups excluding carboxylic acids is 1. The molecule has 22 heavy (non-hydrogen) atoms. The van der Waals surface area contributed by atoms with Gasteiger partial charge in [-0.3, -0.25) is 0 Å². The first-order valence-electron chi connectivity index (χ1n) is 7.79. The van der Waals surface area contributed by atoms with Crippen LogP contribution in [0.2, 0.25) is 0 Å². The van der Waals surface area contributed by atoms with Gasteiger partial charge in [0, 0.05) is 12.2 Å². The molecule has 3 nitrogen and oxygen atoms in total. The number of nitrogens with zero attached hydrogens (tertiary/aromatic N) is 1. The molecule has 2 aromatic carbocycles. The number of amides is 2. The monoisotopic (exact) mass is 294 g/mol. The number of aryl methyl sites for hydroxylation is 2. The summed E-state index contributed by atoms with van der Waals surface area (Å²) in [6, 6.07) is 14.6. The van der Waals surface area contributed by atoms with E-state index >= 15 is 0 Å². The maximum Gasteiger partial charge on any atom is 0.322 e. The summed E-state index contributed by atoms with van der Waals surface area (Å²) in [6.45, 7) is 6.91. The highest BCUT2D eigenvalue weighted by Gasteiger charge is 2.27. The Morgan fingerprint density at radius 3 is 2.50 bits per heavy atom. The highest BCUT2D eigenvalue weighted by Crippen LogP contribution is 2.30. The molecule has 0 saturated heterocycles. The minimum Gasteiger partial charge on any atom is -0.317 e. The Labute approximate surface area is 132 Å². The van der Waals surface area contributed by atoms with Gasteiger partial charge in [0.1, 0.15) is 0 Å². The largest absolute Gasteiger partial charge is 0.322 e. The van der Waals surface area contributed by atoms with Crippen molar-refractivity contribution in [3.05, 3.63) is 64.7 Å². The van der Waals surface area contributed by atoms with Crippen LogP contribution in [-0.2, 0) is 6.42 Å². The molecule has 1 aliphatic heterocycles. The Kier molecular flexibility index (Phi) is 3.88. The molecule has 0 bridgehead atoms. The number of fused-ring (bicyclic) bond motifs is 1. The van der Waals surface area contributed by atoms with Crippen molar-refractivity contribution in [1.82, 2.24) is 4.90 Å². The second kappa shape index (κ2) is 5.84. The summed E-state index contributed by atoms with van der Waals surface area (Å²) >= 11 is 0. The second-order valence-electron chi connectivity index (χ2n) is 6.02. The number of carbonyl (C=O) groups is 1. The zero-order valence-corrected chi connectivity index (χ0v) is 13.4. The van der Waals surface area contributed by atoms with Crippen molar-refractivity contribution < 1.29 is 4.79 Å². The van der Waals surface area contributed by atoms with Gasteiger partial charge < -0.3 is 10.2 Å². The summed E-state index contributed by atoms with van der Waals surface area (Å²) in [4.78, 5) is 14.6. The first-order valence-corrected chi connectivity index (χ1v) is 7.79. The van der Waals surface area contributed by atoms with Gasteiger partial charge >= 0.3 is 6.03 Å². The predicted octanol–water partition coefficient (Wildman–Crippen LogP) is 4.45. The smallest absolute Gasteiger partial charge is 0.317 e. The number of benzene rings is 2.